The molecule has 2 aliphatic heterocycles. The fourth-order valence-corrected chi connectivity index (χ4v) is 5.24. The highest BCUT2D eigenvalue weighted by Gasteiger charge is 2.28. The molecule has 8 heteroatoms. The molecule has 0 aliphatic carbocycles. The number of carbonyl (C=O) groups excluding carboxylic acids is 1. The van der Waals surface area contributed by atoms with E-state index in [4.69, 9.17) is 4.98 Å². The third-order valence-corrected chi connectivity index (χ3v) is 7.43. The molecule has 2 saturated heterocycles. The Morgan fingerprint density at radius 1 is 1.00 bits per heavy atom. The first kappa shape index (κ1) is 24.5. The van der Waals surface area contributed by atoms with E-state index in [0.717, 1.165) is 68.7 Å². The largest absolute Gasteiger partial charge is 0.355 e. The second kappa shape index (κ2) is 11.2. The number of nitrogens with zero attached hydrogens (tertiary/aromatic N) is 5. The molecule has 0 unspecified atom stereocenters. The van der Waals surface area contributed by atoms with Crippen LogP contribution >= 0.6 is 0 Å². The fraction of sp³-hybridized carbons (Fsp3) is 0.464. The Bertz CT molecular complexity index is 1240. The van der Waals surface area contributed by atoms with Gasteiger partial charge in [-0.2, -0.15) is 0 Å². The number of carbonyl (C=O) groups is 1. The third-order valence-electron chi connectivity index (χ3n) is 7.43. The Balaban J connectivity index is 1.29. The zero-order valence-electron chi connectivity index (χ0n) is 21.1. The lowest BCUT2D eigenvalue weighted by molar-refractivity contribution is -0.125. The molecule has 2 aromatic carbocycles. The number of aromatic nitrogens is 2. The monoisotopic (exact) mass is 488 g/mol. The summed E-state index contributed by atoms with van der Waals surface area (Å²) in [6.45, 7) is 7.53. The van der Waals surface area contributed by atoms with Gasteiger partial charge in [0.2, 0.25) is 5.91 Å². The fourth-order valence-electron chi connectivity index (χ4n) is 5.24. The predicted octanol–water partition coefficient (Wildman–Crippen LogP) is 2.02. The van der Waals surface area contributed by atoms with Crippen molar-refractivity contribution >= 4 is 22.8 Å². The van der Waals surface area contributed by atoms with E-state index in [1.807, 2.05) is 64.1 Å². The highest BCUT2D eigenvalue weighted by atomic mass is 16.2. The number of piperazine rings is 1. The lowest BCUT2D eigenvalue weighted by atomic mass is 9.97. The summed E-state index contributed by atoms with van der Waals surface area (Å²) >= 11 is 0. The van der Waals surface area contributed by atoms with Crippen LogP contribution < -0.4 is 15.8 Å². The number of para-hydroxylation sites is 2. The number of hydrogen-bond acceptors (Lipinski definition) is 6. The summed E-state index contributed by atoms with van der Waals surface area (Å²) in [5, 5.41) is 3.15. The number of anilines is 1. The number of rotatable bonds is 7. The van der Waals surface area contributed by atoms with Crippen LogP contribution in [0.2, 0.25) is 0 Å². The van der Waals surface area contributed by atoms with E-state index in [9.17, 15) is 9.59 Å². The van der Waals surface area contributed by atoms with Gasteiger partial charge < -0.3 is 15.1 Å². The quantitative estimate of drug-likeness (QED) is 0.549. The van der Waals surface area contributed by atoms with Crippen molar-refractivity contribution in [1.82, 2.24) is 24.7 Å². The van der Waals surface area contributed by atoms with Crippen LogP contribution in [0.1, 0.15) is 18.4 Å². The average Bonchev–Trinajstić information content (AvgIpc) is 2.92. The summed E-state index contributed by atoms with van der Waals surface area (Å²) < 4.78 is 1.81. The first-order valence-electron chi connectivity index (χ1n) is 13.1. The molecule has 0 radical (unpaired) electrons. The zero-order valence-corrected chi connectivity index (χ0v) is 21.1. The summed E-state index contributed by atoms with van der Waals surface area (Å²) in [5.41, 5.74) is 2.58. The van der Waals surface area contributed by atoms with Crippen LogP contribution in [0.5, 0.6) is 0 Å². The van der Waals surface area contributed by atoms with Gasteiger partial charge >= 0.3 is 0 Å². The second-order valence-corrected chi connectivity index (χ2v) is 10.0. The maximum Gasteiger partial charge on any atom is 0.294 e. The molecule has 36 heavy (non-hydrogen) atoms. The highest BCUT2D eigenvalue weighted by Crippen LogP contribution is 2.22. The minimum Gasteiger partial charge on any atom is -0.355 e. The number of amides is 1. The molecule has 2 fully saturated rings. The number of fused-ring (bicyclic) bond motifs is 1. The maximum absolute atomic E-state index is 13.7. The number of hydrogen-bond donors (Lipinski definition) is 1. The van der Waals surface area contributed by atoms with E-state index in [-0.39, 0.29) is 17.4 Å². The van der Waals surface area contributed by atoms with E-state index in [2.05, 4.69) is 22.2 Å². The van der Waals surface area contributed by atoms with Crippen molar-refractivity contribution in [1.29, 1.82) is 0 Å². The summed E-state index contributed by atoms with van der Waals surface area (Å²) in [5.74, 6) is 0.389. The van der Waals surface area contributed by atoms with Gasteiger partial charge in [0.1, 0.15) is 0 Å². The Kier molecular flexibility index (Phi) is 7.63. The molecule has 2 aliphatic rings. The summed E-state index contributed by atoms with van der Waals surface area (Å²) in [4.78, 5) is 38.2. The average molecular weight is 489 g/mol. The third kappa shape index (κ3) is 5.60. The molecule has 3 heterocycles. The SMILES string of the molecule is CN1CCN(CCNC(=O)[C@@H]2CCCN(c3nc4ccccc4n(Cc4ccccc4)c3=O)C2)CC1. The molecule has 1 atom stereocenters. The van der Waals surface area contributed by atoms with E-state index in [1.54, 1.807) is 0 Å². The summed E-state index contributed by atoms with van der Waals surface area (Å²) in [6.07, 6.45) is 1.70. The van der Waals surface area contributed by atoms with Gasteiger partial charge in [-0.15, -0.1) is 0 Å². The maximum atomic E-state index is 13.7. The summed E-state index contributed by atoms with van der Waals surface area (Å²) in [7, 11) is 2.15. The molecule has 5 rings (SSSR count). The Morgan fingerprint density at radius 3 is 2.56 bits per heavy atom. The van der Waals surface area contributed by atoms with Gasteiger partial charge in [0.15, 0.2) is 5.82 Å². The van der Waals surface area contributed by atoms with Gasteiger partial charge in [-0.05, 0) is 37.6 Å². The molecule has 3 aromatic rings. The van der Waals surface area contributed by atoms with E-state index >= 15 is 0 Å². The van der Waals surface area contributed by atoms with Crippen LogP contribution in [-0.2, 0) is 11.3 Å². The van der Waals surface area contributed by atoms with Crippen molar-refractivity contribution in [2.45, 2.75) is 19.4 Å². The molecule has 0 saturated carbocycles. The van der Waals surface area contributed by atoms with Gasteiger partial charge in [0.05, 0.1) is 23.5 Å². The molecular formula is C28H36N6O2. The highest BCUT2D eigenvalue weighted by molar-refractivity contribution is 5.80. The van der Waals surface area contributed by atoms with Crippen molar-refractivity contribution in [2.75, 3.05) is 64.3 Å². The van der Waals surface area contributed by atoms with Crippen molar-refractivity contribution in [3.05, 3.63) is 70.5 Å². The van der Waals surface area contributed by atoms with E-state index < -0.39 is 0 Å². The lowest BCUT2D eigenvalue weighted by Crippen LogP contribution is -2.49. The van der Waals surface area contributed by atoms with Crippen LogP contribution in [0.3, 0.4) is 0 Å². The molecule has 1 N–H and O–H groups in total. The molecule has 1 aromatic heterocycles. The Labute approximate surface area is 212 Å². The predicted molar refractivity (Wildman–Crippen MR) is 143 cm³/mol. The van der Waals surface area contributed by atoms with Crippen molar-refractivity contribution in [3.63, 3.8) is 0 Å². The van der Waals surface area contributed by atoms with Crippen LogP contribution in [0.4, 0.5) is 5.82 Å². The minimum atomic E-state index is -0.138. The Morgan fingerprint density at radius 2 is 1.75 bits per heavy atom. The number of likely N-dealkylation sites (N-methyl/N-ethyl adjacent to an activating group) is 1. The van der Waals surface area contributed by atoms with Gasteiger partial charge in [0, 0.05) is 52.4 Å². The normalized spacial score (nSPS) is 19.5. The van der Waals surface area contributed by atoms with Gasteiger partial charge in [-0.25, -0.2) is 4.98 Å². The summed E-state index contributed by atoms with van der Waals surface area (Å²) in [6, 6.07) is 17.8. The van der Waals surface area contributed by atoms with Crippen LogP contribution in [0.25, 0.3) is 11.0 Å². The molecule has 8 nitrogen and oxygen atoms in total. The minimum absolute atomic E-state index is 0.0826. The first-order valence-corrected chi connectivity index (χ1v) is 13.1. The van der Waals surface area contributed by atoms with Gasteiger partial charge in [-0.3, -0.25) is 19.1 Å². The molecular weight excluding hydrogens is 452 g/mol. The number of piperidine rings is 1. The molecule has 0 spiro atoms. The Hall–Kier alpha value is -3.23. The molecule has 190 valence electrons. The first-order chi connectivity index (χ1) is 17.6. The smallest absolute Gasteiger partial charge is 0.294 e. The van der Waals surface area contributed by atoms with Crippen LogP contribution in [0, 0.1) is 5.92 Å². The van der Waals surface area contributed by atoms with Gasteiger partial charge in [0.25, 0.3) is 5.56 Å². The zero-order chi connectivity index (χ0) is 24.9. The lowest BCUT2D eigenvalue weighted by Gasteiger charge is -2.34. The standard InChI is InChI=1S/C28H36N6O2/c1-31-16-18-32(19-17-31)15-13-29-27(35)23-10-7-14-33(21-23)26-28(36)34(20-22-8-3-2-4-9-22)25-12-6-5-11-24(25)30-26/h2-6,8-9,11-12,23H,7,10,13-21H2,1H3,(H,29,35)/t23-/m1/s1. The topological polar surface area (TPSA) is 73.7 Å². The van der Waals surface area contributed by atoms with E-state index in [1.165, 1.54) is 0 Å². The molecule has 0 bridgehead atoms. The van der Waals surface area contributed by atoms with Crippen LogP contribution in [-0.4, -0.2) is 84.7 Å². The molecule has 1 amide bonds. The van der Waals surface area contributed by atoms with E-state index in [0.29, 0.717) is 25.5 Å². The number of nitrogens with one attached hydrogen (secondary N) is 1. The second-order valence-electron chi connectivity index (χ2n) is 10.0. The van der Waals surface area contributed by atoms with Crippen molar-refractivity contribution in [3.8, 4) is 0 Å². The van der Waals surface area contributed by atoms with Crippen LogP contribution in [0.15, 0.2) is 59.4 Å². The van der Waals surface area contributed by atoms with Crippen molar-refractivity contribution in [2.24, 2.45) is 5.92 Å². The number of benzene rings is 2. The van der Waals surface area contributed by atoms with Crippen molar-refractivity contribution < 1.29 is 4.79 Å². The van der Waals surface area contributed by atoms with Gasteiger partial charge in [-0.1, -0.05) is 42.5 Å².